The first kappa shape index (κ1) is 10.8. The highest BCUT2D eigenvalue weighted by atomic mass is 15.2. The average Bonchev–Trinajstić information content (AvgIpc) is 2.98. The summed E-state index contributed by atoms with van der Waals surface area (Å²) in [6, 6.07) is 16.5. The van der Waals surface area contributed by atoms with Gasteiger partial charge < -0.3 is 4.57 Å². The molecule has 0 radical (unpaired) electrons. The van der Waals surface area contributed by atoms with Crippen LogP contribution >= 0.6 is 0 Å². The highest BCUT2D eigenvalue weighted by molar-refractivity contribution is 5.60. The molecule has 3 nitrogen and oxygen atoms in total. The van der Waals surface area contributed by atoms with Gasteiger partial charge in [-0.3, -0.25) is 5.10 Å². The summed E-state index contributed by atoms with van der Waals surface area (Å²) in [7, 11) is 0. The number of H-pyrrole nitrogens is 1. The molecule has 1 N–H and O–H groups in total. The van der Waals surface area contributed by atoms with E-state index < -0.39 is 0 Å². The predicted octanol–water partition coefficient (Wildman–Crippen LogP) is 3.48. The highest BCUT2D eigenvalue weighted by Crippen LogP contribution is 2.21. The maximum Gasteiger partial charge on any atom is 0.159 e. The number of hydrogen-bond donors (Lipinski definition) is 1. The van der Waals surface area contributed by atoms with Gasteiger partial charge in [-0.25, -0.2) is 0 Å². The lowest BCUT2D eigenvalue weighted by Crippen LogP contribution is -1.98. The molecule has 0 atom stereocenters. The fourth-order valence-corrected chi connectivity index (χ4v) is 2.22. The van der Waals surface area contributed by atoms with Crippen LogP contribution < -0.4 is 0 Å². The number of aromatic amines is 1. The van der Waals surface area contributed by atoms with Crippen molar-refractivity contribution in [3.8, 4) is 17.1 Å². The molecular weight excluding hydrogens is 222 g/mol. The van der Waals surface area contributed by atoms with E-state index in [0.717, 1.165) is 17.1 Å². The number of nitrogens with one attached hydrogen (secondary N) is 1. The van der Waals surface area contributed by atoms with Crippen LogP contribution in [0, 0.1) is 13.8 Å². The monoisotopic (exact) mass is 237 g/mol. The van der Waals surface area contributed by atoms with Crippen molar-refractivity contribution in [2.24, 2.45) is 0 Å². The van der Waals surface area contributed by atoms with E-state index in [2.05, 4.69) is 58.9 Å². The molecule has 0 saturated carbocycles. The molecule has 0 saturated heterocycles. The van der Waals surface area contributed by atoms with Gasteiger partial charge in [0.1, 0.15) is 0 Å². The van der Waals surface area contributed by atoms with Crippen molar-refractivity contribution in [1.29, 1.82) is 0 Å². The second kappa shape index (κ2) is 4.18. The molecule has 0 fully saturated rings. The Morgan fingerprint density at radius 1 is 0.944 bits per heavy atom. The molecule has 3 heteroatoms. The number of aryl methyl sites for hydroxylation is 2. The third-order valence-electron chi connectivity index (χ3n) is 3.15. The fraction of sp³-hybridized carbons (Fsp3) is 0.133. The topological polar surface area (TPSA) is 33.6 Å². The molecule has 90 valence electrons. The normalized spacial score (nSPS) is 10.8. The highest BCUT2D eigenvalue weighted by Gasteiger charge is 2.08. The van der Waals surface area contributed by atoms with Crippen molar-refractivity contribution in [3.05, 3.63) is 59.9 Å². The predicted molar refractivity (Wildman–Crippen MR) is 72.8 cm³/mol. The molecule has 2 aromatic heterocycles. The zero-order valence-electron chi connectivity index (χ0n) is 10.5. The van der Waals surface area contributed by atoms with Gasteiger partial charge in [0.2, 0.25) is 0 Å². The van der Waals surface area contributed by atoms with Crippen LogP contribution in [0.2, 0.25) is 0 Å². The minimum absolute atomic E-state index is 0.939. The number of benzene rings is 1. The van der Waals surface area contributed by atoms with Crippen LogP contribution in [0.15, 0.2) is 48.5 Å². The van der Waals surface area contributed by atoms with E-state index in [0.29, 0.717) is 0 Å². The Hall–Kier alpha value is -2.29. The van der Waals surface area contributed by atoms with Crippen LogP contribution in [0.4, 0.5) is 0 Å². The van der Waals surface area contributed by atoms with Gasteiger partial charge in [0.25, 0.3) is 0 Å². The standard InChI is InChI=1S/C15H15N3/c1-11-8-9-12(2)18(11)15-10-14(16-17-15)13-6-4-3-5-7-13/h3-10H,1-2H3,(H,16,17). The number of aromatic nitrogens is 3. The zero-order chi connectivity index (χ0) is 12.5. The minimum Gasteiger partial charge on any atom is -0.302 e. The smallest absolute Gasteiger partial charge is 0.159 e. The quantitative estimate of drug-likeness (QED) is 0.727. The van der Waals surface area contributed by atoms with Crippen LogP contribution in [-0.4, -0.2) is 14.8 Å². The van der Waals surface area contributed by atoms with Crippen molar-refractivity contribution in [3.63, 3.8) is 0 Å². The molecule has 0 spiro atoms. The molecule has 18 heavy (non-hydrogen) atoms. The van der Waals surface area contributed by atoms with Crippen molar-refractivity contribution in [1.82, 2.24) is 14.8 Å². The van der Waals surface area contributed by atoms with E-state index in [-0.39, 0.29) is 0 Å². The SMILES string of the molecule is Cc1ccc(C)n1-c1cc(-c2ccccc2)[nH]n1. The summed E-state index contributed by atoms with van der Waals surface area (Å²) < 4.78 is 2.14. The van der Waals surface area contributed by atoms with Crippen molar-refractivity contribution in [2.45, 2.75) is 13.8 Å². The van der Waals surface area contributed by atoms with Crippen molar-refractivity contribution < 1.29 is 0 Å². The van der Waals surface area contributed by atoms with Gasteiger partial charge in [0.15, 0.2) is 5.82 Å². The maximum atomic E-state index is 4.39. The third kappa shape index (κ3) is 1.74. The van der Waals surface area contributed by atoms with Crippen molar-refractivity contribution >= 4 is 0 Å². The summed E-state index contributed by atoms with van der Waals surface area (Å²) in [6.45, 7) is 4.17. The Kier molecular flexibility index (Phi) is 2.52. The lowest BCUT2D eigenvalue weighted by Gasteiger charge is -2.03. The summed E-state index contributed by atoms with van der Waals surface area (Å²) in [5, 5.41) is 7.49. The Bertz CT molecular complexity index is 643. The van der Waals surface area contributed by atoms with Gasteiger partial charge in [0.05, 0.1) is 5.69 Å². The second-order valence-corrected chi connectivity index (χ2v) is 4.46. The molecule has 0 unspecified atom stereocenters. The average molecular weight is 237 g/mol. The molecule has 3 aromatic rings. The molecule has 0 bridgehead atoms. The first-order valence-corrected chi connectivity index (χ1v) is 6.02. The lowest BCUT2D eigenvalue weighted by atomic mass is 10.1. The van der Waals surface area contributed by atoms with Crippen LogP contribution in [0.25, 0.3) is 17.1 Å². The summed E-state index contributed by atoms with van der Waals surface area (Å²) in [4.78, 5) is 0. The van der Waals surface area contributed by atoms with Crippen LogP contribution in [-0.2, 0) is 0 Å². The number of rotatable bonds is 2. The van der Waals surface area contributed by atoms with Crippen LogP contribution in [0.1, 0.15) is 11.4 Å². The molecule has 0 aliphatic rings. The third-order valence-corrected chi connectivity index (χ3v) is 3.15. The fourth-order valence-electron chi connectivity index (χ4n) is 2.22. The molecule has 2 heterocycles. The van der Waals surface area contributed by atoms with Gasteiger partial charge in [0, 0.05) is 17.5 Å². The number of nitrogens with zero attached hydrogens (tertiary/aromatic N) is 2. The largest absolute Gasteiger partial charge is 0.302 e. The van der Waals surface area contributed by atoms with Crippen LogP contribution in [0.5, 0.6) is 0 Å². The van der Waals surface area contributed by atoms with Crippen LogP contribution in [0.3, 0.4) is 0 Å². The Morgan fingerprint density at radius 2 is 1.61 bits per heavy atom. The Morgan fingerprint density at radius 3 is 2.28 bits per heavy atom. The summed E-state index contributed by atoms with van der Waals surface area (Å²) in [6.07, 6.45) is 0. The minimum atomic E-state index is 0.939. The lowest BCUT2D eigenvalue weighted by molar-refractivity contribution is 0.903. The van der Waals surface area contributed by atoms with Gasteiger partial charge in [-0.15, -0.1) is 0 Å². The zero-order valence-corrected chi connectivity index (χ0v) is 10.5. The summed E-state index contributed by atoms with van der Waals surface area (Å²) >= 11 is 0. The Labute approximate surface area is 106 Å². The second-order valence-electron chi connectivity index (χ2n) is 4.46. The van der Waals surface area contributed by atoms with E-state index in [9.17, 15) is 0 Å². The molecule has 0 aliphatic heterocycles. The van der Waals surface area contributed by atoms with Gasteiger partial charge in [-0.1, -0.05) is 30.3 Å². The number of hydrogen-bond acceptors (Lipinski definition) is 1. The molecule has 0 amide bonds. The van der Waals surface area contributed by atoms with E-state index in [1.165, 1.54) is 11.4 Å². The molecule has 0 aliphatic carbocycles. The first-order chi connectivity index (χ1) is 8.75. The summed E-state index contributed by atoms with van der Waals surface area (Å²) in [5.74, 6) is 0.939. The van der Waals surface area contributed by atoms with Crippen molar-refractivity contribution in [2.75, 3.05) is 0 Å². The first-order valence-electron chi connectivity index (χ1n) is 6.02. The van der Waals surface area contributed by atoms with E-state index in [4.69, 9.17) is 0 Å². The van der Waals surface area contributed by atoms with Gasteiger partial charge in [-0.2, -0.15) is 5.10 Å². The maximum absolute atomic E-state index is 4.39. The van der Waals surface area contributed by atoms with E-state index >= 15 is 0 Å². The Balaban J connectivity index is 2.05. The van der Waals surface area contributed by atoms with Gasteiger partial charge >= 0.3 is 0 Å². The summed E-state index contributed by atoms with van der Waals surface area (Å²) in [5.41, 5.74) is 4.58. The molecule has 3 rings (SSSR count). The molecule has 1 aromatic carbocycles. The van der Waals surface area contributed by atoms with E-state index in [1.807, 2.05) is 18.2 Å². The van der Waals surface area contributed by atoms with Gasteiger partial charge in [-0.05, 0) is 31.5 Å². The molecular formula is C15H15N3. The van der Waals surface area contributed by atoms with E-state index in [1.54, 1.807) is 0 Å².